The Morgan fingerprint density at radius 1 is 1.14 bits per heavy atom. The first-order valence-corrected chi connectivity index (χ1v) is 10.2. The van der Waals surface area contributed by atoms with E-state index in [1.54, 1.807) is 0 Å². The summed E-state index contributed by atoms with van der Waals surface area (Å²) >= 11 is 6.46. The second kappa shape index (κ2) is 8.55. The highest BCUT2D eigenvalue weighted by Crippen LogP contribution is 2.31. The summed E-state index contributed by atoms with van der Waals surface area (Å²) in [5, 5.41) is 3.60. The van der Waals surface area contributed by atoms with Crippen LogP contribution < -0.4 is 10.2 Å². The Labute approximate surface area is 170 Å². The number of ether oxygens (including phenoxy) is 1. The maximum absolute atomic E-state index is 12.7. The fourth-order valence-electron chi connectivity index (χ4n) is 3.82. The Balaban J connectivity index is 1.42. The van der Waals surface area contributed by atoms with E-state index in [9.17, 15) is 4.79 Å². The Kier molecular flexibility index (Phi) is 5.90. The molecule has 6 nitrogen and oxygen atoms in total. The van der Waals surface area contributed by atoms with Crippen LogP contribution in [0.5, 0.6) is 0 Å². The van der Waals surface area contributed by atoms with E-state index in [2.05, 4.69) is 15.1 Å². The van der Waals surface area contributed by atoms with Crippen LogP contribution in [0.4, 0.5) is 11.4 Å². The third-order valence-corrected chi connectivity index (χ3v) is 5.65. The fourth-order valence-corrected chi connectivity index (χ4v) is 4.12. The van der Waals surface area contributed by atoms with E-state index >= 15 is 0 Å². The van der Waals surface area contributed by atoms with Crippen LogP contribution in [0.25, 0.3) is 0 Å². The van der Waals surface area contributed by atoms with Crippen molar-refractivity contribution in [3.05, 3.63) is 46.4 Å². The normalized spacial score (nSPS) is 17.9. The summed E-state index contributed by atoms with van der Waals surface area (Å²) in [6, 6.07) is 7.54. The van der Waals surface area contributed by atoms with Gasteiger partial charge in [0.15, 0.2) is 0 Å². The largest absolute Gasteiger partial charge is 0.464 e. The Morgan fingerprint density at radius 2 is 1.89 bits per heavy atom. The standard InChI is InChI=1S/C21H26ClN3O3/c1-15-18(13-17(28-15)14-24-8-10-27-11-9-24)21(26)23-16-4-5-20(19(22)12-16)25-6-2-3-7-25/h4-5,12-13H,2-3,6-11,14H2,1H3,(H,23,26). The minimum atomic E-state index is -0.181. The number of nitrogens with zero attached hydrogens (tertiary/aromatic N) is 2. The summed E-state index contributed by atoms with van der Waals surface area (Å²) in [6.07, 6.45) is 2.39. The van der Waals surface area contributed by atoms with Gasteiger partial charge in [-0.25, -0.2) is 0 Å². The molecule has 1 aromatic heterocycles. The molecule has 0 atom stereocenters. The van der Waals surface area contributed by atoms with Crippen molar-refractivity contribution in [1.29, 1.82) is 0 Å². The first kappa shape index (κ1) is 19.3. The van der Waals surface area contributed by atoms with Gasteiger partial charge in [-0.15, -0.1) is 0 Å². The minimum absolute atomic E-state index is 0.181. The molecule has 0 saturated carbocycles. The summed E-state index contributed by atoms with van der Waals surface area (Å²) < 4.78 is 11.2. The fraction of sp³-hybridized carbons (Fsp3) is 0.476. The Morgan fingerprint density at radius 3 is 2.61 bits per heavy atom. The average Bonchev–Trinajstić information content (AvgIpc) is 3.33. The molecule has 2 fully saturated rings. The zero-order chi connectivity index (χ0) is 19.5. The maximum atomic E-state index is 12.7. The van der Waals surface area contributed by atoms with Gasteiger partial charge in [-0.1, -0.05) is 11.6 Å². The van der Waals surface area contributed by atoms with E-state index in [0.717, 1.165) is 50.8 Å². The maximum Gasteiger partial charge on any atom is 0.259 e. The summed E-state index contributed by atoms with van der Waals surface area (Å²) in [7, 11) is 0. The van der Waals surface area contributed by atoms with Crippen molar-refractivity contribution in [2.45, 2.75) is 26.3 Å². The lowest BCUT2D eigenvalue weighted by Gasteiger charge is -2.25. The predicted octanol–water partition coefficient (Wildman–Crippen LogP) is 3.93. The lowest BCUT2D eigenvalue weighted by atomic mass is 10.2. The number of carbonyl (C=O) groups excluding carboxylic acids is 1. The zero-order valence-corrected chi connectivity index (χ0v) is 16.9. The summed E-state index contributed by atoms with van der Waals surface area (Å²) in [5.41, 5.74) is 2.28. The summed E-state index contributed by atoms with van der Waals surface area (Å²) in [5.74, 6) is 1.24. The topological polar surface area (TPSA) is 58.0 Å². The van der Waals surface area contributed by atoms with Crippen LogP contribution >= 0.6 is 11.6 Å². The molecule has 1 N–H and O–H groups in total. The van der Waals surface area contributed by atoms with Crippen molar-refractivity contribution in [2.24, 2.45) is 0 Å². The van der Waals surface area contributed by atoms with Gasteiger partial charge in [-0.3, -0.25) is 9.69 Å². The minimum Gasteiger partial charge on any atom is -0.464 e. The first-order chi connectivity index (χ1) is 13.6. The molecule has 0 spiro atoms. The number of anilines is 2. The van der Waals surface area contributed by atoms with Gasteiger partial charge in [-0.05, 0) is 44.0 Å². The zero-order valence-electron chi connectivity index (χ0n) is 16.2. The lowest BCUT2D eigenvalue weighted by molar-refractivity contribution is 0.0312. The van der Waals surface area contributed by atoms with E-state index in [1.165, 1.54) is 12.8 Å². The van der Waals surface area contributed by atoms with Crippen LogP contribution in [0.1, 0.15) is 34.7 Å². The quantitative estimate of drug-likeness (QED) is 0.819. The Hall–Kier alpha value is -2.02. The number of hydrogen-bond donors (Lipinski definition) is 1. The molecule has 150 valence electrons. The lowest BCUT2D eigenvalue weighted by Crippen LogP contribution is -2.35. The van der Waals surface area contributed by atoms with Gasteiger partial charge in [-0.2, -0.15) is 0 Å². The number of hydrogen-bond acceptors (Lipinski definition) is 5. The molecule has 0 aliphatic carbocycles. The number of halogens is 1. The molecule has 2 aliphatic heterocycles. The number of furan rings is 1. The molecule has 2 aliphatic rings. The van der Waals surface area contributed by atoms with Crippen molar-refractivity contribution < 1.29 is 13.9 Å². The van der Waals surface area contributed by atoms with Crippen LogP contribution in [0.3, 0.4) is 0 Å². The van der Waals surface area contributed by atoms with Gasteiger partial charge in [0, 0.05) is 31.9 Å². The highest BCUT2D eigenvalue weighted by Gasteiger charge is 2.19. The van der Waals surface area contributed by atoms with E-state index in [1.807, 2.05) is 31.2 Å². The molecule has 0 unspecified atom stereocenters. The van der Waals surface area contributed by atoms with Crippen molar-refractivity contribution >= 4 is 28.9 Å². The monoisotopic (exact) mass is 403 g/mol. The predicted molar refractivity (Wildman–Crippen MR) is 110 cm³/mol. The number of nitrogens with one attached hydrogen (secondary N) is 1. The molecular weight excluding hydrogens is 378 g/mol. The Bertz CT molecular complexity index is 839. The molecular formula is C21H26ClN3O3. The third-order valence-electron chi connectivity index (χ3n) is 5.35. The molecule has 2 saturated heterocycles. The molecule has 0 bridgehead atoms. The highest BCUT2D eigenvalue weighted by molar-refractivity contribution is 6.33. The molecule has 1 aromatic carbocycles. The third kappa shape index (κ3) is 4.35. The molecule has 4 rings (SSSR count). The number of amides is 1. The van der Waals surface area contributed by atoms with Gasteiger partial charge >= 0.3 is 0 Å². The van der Waals surface area contributed by atoms with Crippen LogP contribution in [0.15, 0.2) is 28.7 Å². The van der Waals surface area contributed by atoms with Crippen molar-refractivity contribution in [2.75, 3.05) is 49.6 Å². The molecule has 28 heavy (non-hydrogen) atoms. The second-order valence-corrected chi connectivity index (χ2v) is 7.79. The van der Waals surface area contributed by atoms with Gasteiger partial charge in [0.25, 0.3) is 5.91 Å². The van der Waals surface area contributed by atoms with E-state index < -0.39 is 0 Å². The number of benzene rings is 1. The van der Waals surface area contributed by atoms with Crippen LogP contribution in [0.2, 0.25) is 5.02 Å². The van der Waals surface area contributed by atoms with Crippen LogP contribution in [0, 0.1) is 6.92 Å². The smallest absolute Gasteiger partial charge is 0.259 e. The average molecular weight is 404 g/mol. The number of rotatable bonds is 5. The van der Waals surface area contributed by atoms with Gasteiger partial charge < -0.3 is 19.4 Å². The SMILES string of the molecule is Cc1oc(CN2CCOCC2)cc1C(=O)Nc1ccc(N2CCCC2)c(Cl)c1. The number of morpholine rings is 1. The summed E-state index contributed by atoms with van der Waals surface area (Å²) in [6.45, 7) is 7.81. The molecule has 7 heteroatoms. The molecule has 2 aromatic rings. The van der Waals surface area contributed by atoms with Gasteiger partial charge in [0.05, 0.1) is 36.0 Å². The van der Waals surface area contributed by atoms with Crippen LogP contribution in [-0.4, -0.2) is 50.2 Å². The van der Waals surface area contributed by atoms with Crippen LogP contribution in [-0.2, 0) is 11.3 Å². The second-order valence-electron chi connectivity index (χ2n) is 7.39. The highest BCUT2D eigenvalue weighted by atomic mass is 35.5. The van der Waals surface area contributed by atoms with Gasteiger partial charge in [0.2, 0.25) is 0 Å². The van der Waals surface area contributed by atoms with E-state index in [-0.39, 0.29) is 5.91 Å². The number of aryl methyl sites for hydroxylation is 1. The van der Waals surface area contributed by atoms with Crippen molar-refractivity contribution in [3.8, 4) is 0 Å². The number of carbonyl (C=O) groups is 1. The van der Waals surface area contributed by atoms with Crippen molar-refractivity contribution in [3.63, 3.8) is 0 Å². The molecule has 0 radical (unpaired) electrons. The first-order valence-electron chi connectivity index (χ1n) is 9.85. The van der Waals surface area contributed by atoms with Gasteiger partial charge in [0.1, 0.15) is 11.5 Å². The van der Waals surface area contributed by atoms with E-state index in [0.29, 0.717) is 28.6 Å². The molecule has 1 amide bonds. The summed E-state index contributed by atoms with van der Waals surface area (Å²) in [4.78, 5) is 17.3. The van der Waals surface area contributed by atoms with E-state index in [4.69, 9.17) is 20.8 Å². The van der Waals surface area contributed by atoms with Crippen molar-refractivity contribution in [1.82, 2.24) is 4.90 Å². The molecule has 3 heterocycles.